The molecule has 0 heterocycles. The fourth-order valence-electron chi connectivity index (χ4n) is 1.42. The maximum Gasteiger partial charge on any atom is 0.446 e. The van der Waals surface area contributed by atoms with Crippen molar-refractivity contribution < 1.29 is 21.5 Å². The smallest absolute Gasteiger partial charge is 0.361 e. The fourth-order valence-corrected chi connectivity index (χ4v) is 1.79. The van der Waals surface area contributed by atoms with E-state index < -0.39 is 16.2 Å². The molecule has 1 N–H and O–H groups in total. The summed E-state index contributed by atoms with van der Waals surface area (Å²) in [5, 5.41) is 0.503. The van der Waals surface area contributed by atoms with Gasteiger partial charge < -0.3 is 4.18 Å². The molecular weight excluding hydrogens is 235 g/mol. The molecule has 2 aromatic rings. The second kappa shape index (κ2) is 3.73. The number of rotatable bonds is 2. The van der Waals surface area contributed by atoms with Gasteiger partial charge in [0.25, 0.3) is 0 Å². The molecule has 0 aliphatic heterocycles. The van der Waals surface area contributed by atoms with E-state index in [1.807, 2.05) is 0 Å². The maximum atomic E-state index is 13.3. The van der Waals surface area contributed by atoms with E-state index in [-0.39, 0.29) is 16.5 Å². The first kappa shape index (κ1) is 10.8. The van der Waals surface area contributed by atoms with Crippen molar-refractivity contribution >= 4 is 21.2 Å². The van der Waals surface area contributed by atoms with Crippen molar-refractivity contribution in [3.63, 3.8) is 0 Å². The topological polar surface area (TPSA) is 63.6 Å². The van der Waals surface area contributed by atoms with Gasteiger partial charge in [-0.2, -0.15) is 8.42 Å². The Kier molecular flexibility index (Phi) is 2.53. The standard InChI is InChI=1S/C10H7FO4S/c11-9-5-6-10(15-16(12,13)14)8-4-2-1-3-7(8)9/h1-6H,(H,12,13,14). The monoisotopic (exact) mass is 242 g/mol. The van der Waals surface area contributed by atoms with Gasteiger partial charge in [-0.3, -0.25) is 4.55 Å². The van der Waals surface area contributed by atoms with Crippen molar-refractivity contribution in [1.29, 1.82) is 0 Å². The lowest BCUT2D eigenvalue weighted by Crippen LogP contribution is -2.07. The first-order valence-corrected chi connectivity index (χ1v) is 5.68. The summed E-state index contributed by atoms with van der Waals surface area (Å²) in [4.78, 5) is 0. The Morgan fingerprint density at radius 3 is 2.31 bits per heavy atom. The van der Waals surface area contributed by atoms with Crippen LogP contribution in [0.3, 0.4) is 0 Å². The summed E-state index contributed by atoms with van der Waals surface area (Å²) >= 11 is 0. The van der Waals surface area contributed by atoms with Gasteiger partial charge in [0.2, 0.25) is 0 Å². The number of halogens is 1. The zero-order valence-corrected chi connectivity index (χ0v) is 8.74. The molecule has 4 nitrogen and oxygen atoms in total. The van der Waals surface area contributed by atoms with E-state index in [2.05, 4.69) is 4.18 Å². The van der Waals surface area contributed by atoms with E-state index in [9.17, 15) is 12.8 Å². The molecule has 0 bridgehead atoms. The van der Waals surface area contributed by atoms with E-state index in [0.29, 0.717) is 0 Å². The van der Waals surface area contributed by atoms with Gasteiger partial charge in [0, 0.05) is 10.8 Å². The third kappa shape index (κ3) is 2.12. The lowest BCUT2D eigenvalue weighted by atomic mass is 10.1. The van der Waals surface area contributed by atoms with Crippen LogP contribution in [-0.2, 0) is 10.4 Å². The second-order valence-electron chi connectivity index (χ2n) is 3.10. The summed E-state index contributed by atoms with van der Waals surface area (Å²) < 4.78 is 47.4. The highest BCUT2D eigenvalue weighted by atomic mass is 32.3. The van der Waals surface area contributed by atoms with Crippen molar-refractivity contribution in [3.05, 3.63) is 42.2 Å². The second-order valence-corrected chi connectivity index (χ2v) is 4.12. The molecule has 0 aliphatic carbocycles. The molecule has 0 radical (unpaired) electrons. The van der Waals surface area contributed by atoms with Crippen LogP contribution in [0.2, 0.25) is 0 Å². The predicted molar refractivity (Wildman–Crippen MR) is 56.1 cm³/mol. The summed E-state index contributed by atoms with van der Waals surface area (Å²) in [5.74, 6) is -0.599. The number of fused-ring (bicyclic) bond motifs is 1. The predicted octanol–water partition coefficient (Wildman–Crippen LogP) is 2.16. The van der Waals surface area contributed by atoms with Crippen LogP contribution in [0.25, 0.3) is 10.8 Å². The molecule has 0 amide bonds. The van der Waals surface area contributed by atoms with Crippen LogP contribution in [0.1, 0.15) is 0 Å². The molecule has 0 spiro atoms. The molecule has 16 heavy (non-hydrogen) atoms. The number of hydrogen-bond donors (Lipinski definition) is 1. The SMILES string of the molecule is O=S(=O)(O)Oc1ccc(F)c2ccccc12. The van der Waals surface area contributed by atoms with Gasteiger partial charge in [0.1, 0.15) is 5.82 Å². The van der Waals surface area contributed by atoms with Crippen LogP contribution in [0.15, 0.2) is 36.4 Å². The van der Waals surface area contributed by atoms with Gasteiger partial charge >= 0.3 is 10.4 Å². The molecule has 0 unspecified atom stereocenters. The molecule has 6 heteroatoms. The zero-order valence-electron chi connectivity index (χ0n) is 7.92. The minimum absolute atomic E-state index is 0.112. The fraction of sp³-hybridized carbons (Fsp3) is 0. The molecule has 0 atom stereocenters. The van der Waals surface area contributed by atoms with Gasteiger partial charge in [-0.05, 0) is 12.1 Å². The van der Waals surface area contributed by atoms with Crippen molar-refractivity contribution in [2.75, 3.05) is 0 Å². The molecule has 2 rings (SSSR count). The summed E-state index contributed by atoms with van der Waals surface area (Å²) in [5.41, 5.74) is 0. The van der Waals surface area contributed by atoms with Gasteiger partial charge in [-0.15, -0.1) is 0 Å². The average Bonchev–Trinajstić information content (AvgIpc) is 2.21. The van der Waals surface area contributed by atoms with E-state index in [0.717, 1.165) is 12.1 Å². The van der Waals surface area contributed by atoms with Crippen molar-refractivity contribution in [2.24, 2.45) is 0 Å². The lowest BCUT2D eigenvalue weighted by molar-refractivity contribution is 0.388. The van der Waals surface area contributed by atoms with Gasteiger partial charge in [0.05, 0.1) is 0 Å². The molecule has 0 aromatic heterocycles. The molecule has 0 aliphatic rings. The highest BCUT2D eigenvalue weighted by Gasteiger charge is 2.12. The molecule has 0 saturated carbocycles. The average molecular weight is 242 g/mol. The van der Waals surface area contributed by atoms with E-state index in [1.54, 1.807) is 12.1 Å². The van der Waals surface area contributed by atoms with Crippen LogP contribution in [0.5, 0.6) is 5.75 Å². The summed E-state index contributed by atoms with van der Waals surface area (Å²) in [6, 6.07) is 8.43. The Morgan fingerprint density at radius 1 is 1.06 bits per heavy atom. The molecular formula is C10H7FO4S. The van der Waals surface area contributed by atoms with Crippen LogP contribution in [0.4, 0.5) is 4.39 Å². The van der Waals surface area contributed by atoms with Gasteiger partial charge in [0.15, 0.2) is 5.75 Å². The Balaban J connectivity index is 2.68. The van der Waals surface area contributed by atoms with E-state index in [4.69, 9.17) is 4.55 Å². The number of hydrogen-bond acceptors (Lipinski definition) is 3. The maximum absolute atomic E-state index is 13.3. The van der Waals surface area contributed by atoms with Crippen molar-refractivity contribution in [3.8, 4) is 5.75 Å². The lowest BCUT2D eigenvalue weighted by Gasteiger charge is -2.06. The minimum Gasteiger partial charge on any atom is -0.361 e. The van der Waals surface area contributed by atoms with E-state index >= 15 is 0 Å². The third-order valence-corrected chi connectivity index (χ3v) is 2.42. The van der Waals surface area contributed by atoms with Crippen molar-refractivity contribution in [2.45, 2.75) is 0 Å². The minimum atomic E-state index is -4.60. The largest absolute Gasteiger partial charge is 0.446 e. The molecule has 84 valence electrons. The first-order valence-electron chi connectivity index (χ1n) is 4.31. The summed E-state index contributed by atoms with van der Waals surface area (Å²) in [6.07, 6.45) is 0. The van der Waals surface area contributed by atoms with Gasteiger partial charge in [-0.25, -0.2) is 4.39 Å². The molecule has 0 fully saturated rings. The Bertz CT molecular complexity index is 636. The van der Waals surface area contributed by atoms with E-state index in [1.165, 1.54) is 12.1 Å². The van der Waals surface area contributed by atoms with Crippen LogP contribution >= 0.6 is 0 Å². The van der Waals surface area contributed by atoms with Crippen molar-refractivity contribution in [1.82, 2.24) is 0 Å². The Morgan fingerprint density at radius 2 is 1.69 bits per heavy atom. The Hall–Kier alpha value is -1.66. The quantitative estimate of drug-likeness (QED) is 0.819. The normalized spacial score (nSPS) is 11.6. The highest BCUT2D eigenvalue weighted by molar-refractivity contribution is 7.81. The van der Waals surface area contributed by atoms with Crippen LogP contribution in [-0.4, -0.2) is 13.0 Å². The molecule has 0 saturated heterocycles. The third-order valence-electron chi connectivity index (χ3n) is 2.03. The molecule has 2 aromatic carbocycles. The Labute approximate surface area is 91.2 Å². The first-order chi connectivity index (χ1) is 7.47. The van der Waals surface area contributed by atoms with Crippen LogP contribution in [0, 0.1) is 5.82 Å². The highest BCUT2D eigenvalue weighted by Crippen LogP contribution is 2.28. The van der Waals surface area contributed by atoms with Gasteiger partial charge in [-0.1, -0.05) is 24.3 Å². The summed E-state index contributed by atoms with van der Waals surface area (Å²) in [7, 11) is -4.60. The number of benzene rings is 2. The zero-order chi connectivity index (χ0) is 11.8. The van der Waals surface area contributed by atoms with Crippen LogP contribution < -0.4 is 4.18 Å². The summed E-state index contributed by atoms with van der Waals surface area (Å²) in [6.45, 7) is 0.